The number of aliphatic hydroxyl groups excluding tert-OH is 1. The number of nitrogens with zero attached hydrogens (tertiary/aromatic N) is 1. The van der Waals surface area contributed by atoms with Crippen LogP contribution < -0.4 is 5.73 Å². The third-order valence-corrected chi connectivity index (χ3v) is 5.18. The molecule has 0 aliphatic carbocycles. The molecule has 3 N–H and O–H groups in total. The van der Waals surface area contributed by atoms with Crippen LogP contribution in [0.5, 0.6) is 0 Å². The molecule has 2 rings (SSSR count). The van der Waals surface area contributed by atoms with Gasteiger partial charge >= 0.3 is 0 Å². The number of hydrogen-bond acceptors (Lipinski definition) is 5. The minimum atomic E-state index is -3.84. The Labute approximate surface area is 117 Å². The lowest BCUT2D eigenvalue weighted by molar-refractivity contribution is 0.0109. The highest BCUT2D eigenvalue weighted by atomic mass is 32.2. The maximum atomic E-state index is 13.5. The van der Waals surface area contributed by atoms with Crippen LogP contribution in [-0.4, -0.2) is 50.2 Å². The molecule has 0 bridgehead atoms. The van der Waals surface area contributed by atoms with Crippen molar-refractivity contribution in [1.29, 1.82) is 0 Å². The Kier molecular flexibility index (Phi) is 4.28. The van der Waals surface area contributed by atoms with Gasteiger partial charge in [-0.2, -0.15) is 4.31 Å². The van der Waals surface area contributed by atoms with Crippen LogP contribution in [0.25, 0.3) is 0 Å². The van der Waals surface area contributed by atoms with Gasteiger partial charge in [0.05, 0.1) is 36.4 Å². The highest BCUT2D eigenvalue weighted by Gasteiger charge is 2.34. The monoisotopic (exact) mass is 304 g/mol. The largest absolute Gasteiger partial charge is 0.396 e. The molecule has 1 aromatic rings. The second-order valence-corrected chi connectivity index (χ2v) is 6.56. The summed E-state index contributed by atoms with van der Waals surface area (Å²) in [6.45, 7) is 1.64. The van der Waals surface area contributed by atoms with E-state index in [1.807, 2.05) is 0 Å². The van der Waals surface area contributed by atoms with Crippen LogP contribution in [0.3, 0.4) is 0 Å². The summed E-state index contributed by atoms with van der Waals surface area (Å²) in [5.74, 6) is -0.621. The van der Waals surface area contributed by atoms with Crippen LogP contribution in [-0.2, 0) is 14.8 Å². The Hall–Kier alpha value is -1.22. The fourth-order valence-electron chi connectivity index (χ4n) is 2.15. The lowest BCUT2D eigenvalue weighted by Gasteiger charge is -2.33. The lowest BCUT2D eigenvalue weighted by atomic mass is 10.2. The van der Waals surface area contributed by atoms with Gasteiger partial charge in [0, 0.05) is 6.54 Å². The van der Waals surface area contributed by atoms with Gasteiger partial charge in [-0.3, -0.25) is 0 Å². The summed E-state index contributed by atoms with van der Waals surface area (Å²) in [5, 5.41) is 9.25. The highest BCUT2D eigenvalue weighted by Crippen LogP contribution is 2.25. The third-order valence-electron chi connectivity index (χ3n) is 3.25. The molecule has 0 amide bonds. The molecular weight excluding hydrogens is 287 g/mol. The van der Waals surface area contributed by atoms with E-state index >= 15 is 0 Å². The van der Waals surface area contributed by atoms with Crippen molar-refractivity contribution < 1.29 is 22.7 Å². The molecule has 0 aromatic heterocycles. The van der Waals surface area contributed by atoms with Crippen LogP contribution >= 0.6 is 0 Å². The molecule has 1 atom stereocenters. The second-order valence-electron chi connectivity index (χ2n) is 4.67. The summed E-state index contributed by atoms with van der Waals surface area (Å²) in [5.41, 5.74) is 5.44. The molecule has 1 aliphatic rings. The van der Waals surface area contributed by atoms with Crippen molar-refractivity contribution in [3.8, 4) is 0 Å². The van der Waals surface area contributed by atoms with E-state index in [1.54, 1.807) is 0 Å². The predicted octanol–water partition coefficient (Wildman–Crippen LogP) is 0.0981. The van der Waals surface area contributed by atoms with Crippen molar-refractivity contribution in [2.75, 3.05) is 32.1 Å². The molecule has 0 radical (unpaired) electrons. The number of aliphatic hydroxyl groups is 1. The Bertz CT molecular complexity index is 582. The Morgan fingerprint density at radius 1 is 1.55 bits per heavy atom. The highest BCUT2D eigenvalue weighted by molar-refractivity contribution is 7.89. The maximum absolute atomic E-state index is 13.5. The first kappa shape index (κ1) is 15.2. The minimum absolute atomic E-state index is 0.0748. The first-order valence-electron chi connectivity index (χ1n) is 6.14. The molecule has 6 nitrogen and oxygen atoms in total. The van der Waals surface area contributed by atoms with E-state index in [4.69, 9.17) is 10.5 Å². The van der Waals surface area contributed by atoms with Crippen molar-refractivity contribution in [2.45, 2.75) is 17.9 Å². The number of sulfonamides is 1. The summed E-state index contributed by atoms with van der Waals surface area (Å²) in [4.78, 5) is -0.0748. The SMILES string of the molecule is Cc1cc(S(=O)(=O)N2CCOCC2CO)cc(N)c1F. The number of hydrogen-bond donors (Lipinski definition) is 2. The third kappa shape index (κ3) is 2.64. The quantitative estimate of drug-likeness (QED) is 0.773. The fraction of sp³-hybridized carbons (Fsp3) is 0.500. The summed E-state index contributed by atoms with van der Waals surface area (Å²) >= 11 is 0. The summed E-state index contributed by atoms with van der Waals surface area (Å²) < 4.78 is 44.9. The number of benzene rings is 1. The predicted molar refractivity (Wildman–Crippen MR) is 71.1 cm³/mol. The average Bonchev–Trinajstić information content (AvgIpc) is 2.44. The van der Waals surface area contributed by atoms with Crippen molar-refractivity contribution in [3.63, 3.8) is 0 Å². The van der Waals surface area contributed by atoms with Gasteiger partial charge in [0.15, 0.2) is 0 Å². The van der Waals surface area contributed by atoms with E-state index < -0.39 is 21.9 Å². The number of anilines is 1. The molecule has 1 unspecified atom stereocenters. The number of rotatable bonds is 3. The van der Waals surface area contributed by atoms with Crippen LogP contribution in [0.15, 0.2) is 17.0 Å². The fourth-order valence-corrected chi connectivity index (χ4v) is 3.85. The van der Waals surface area contributed by atoms with Crippen LogP contribution in [0.2, 0.25) is 0 Å². The molecule has 1 saturated heterocycles. The lowest BCUT2D eigenvalue weighted by Crippen LogP contribution is -2.50. The van der Waals surface area contributed by atoms with Crippen LogP contribution in [0.4, 0.5) is 10.1 Å². The van der Waals surface area contributed by atoms with E-state index in [0.717, 1.165) is 6.07 Å². The molecule has 1 fully saturated rings. The number of ether oxygens (including phenoxy) is 1. The van der Waals surface area contributed by atoms with Gasteiger partial charge in [-0.1, -0.05) is 0 Å². The normalized spacial score (nSPS) is 21.1. The summed E-state index contributed by atoms with van der Waals surface area (Å²) in [6.07, 6.45) is 0. The standard InChI is InChI=1S/C12H17FN2O4S/c1-8-4-10(5-11(14)12(8)13)20(17,18)15-2-3-19-7-9(15)6-16/h4-5,9,16H,2-3,6-7,14H2,1H3. The van der Waals surface area contributed by atoms with Gasteiger partial charge in [0.1, 0.15) is 5.82 Å². The number of aryl methyl sites for hydroxylation is 1. The van der Waals surface area contributed by atoms with Crippen molar-refractivity contribution in [2.24, 2.45) is 0 Å². The second kappa shape index (κ2) is 5.65. The van der Waals surface area contributed by atoms with Crippen LogP contribution in [0, 0.1) is 12.7 Å². The molecule has 112 valence electrons. The minimum Gasteiger partial charge on any atom is -0.396 e. The van der Waals surface area contributed by atoms with Gasteiger partial charge in [0.25, 0.3) is 0 Å². The summed E-state index contributed by atoms with van der Waals surface area (Å²) in [7, 11) is -3.84. The van der Waals surface area contributed by atoms with E-state index in [0.29, 0.717) is 0 Å². The topological polar surface area (TPSA) is 92.9 Å². The number of halogens is 1. The van der Waals surface area contributed by atoms with E-state index in [-0.39, 0.29) is 42.5 Å². The Morgan fingerprint density at radius 2 is 2.25 bits per heavy atom. The van der Waals surface area contributed by atoms with Crippen molar-refractivity contribution in [1.82, 2.24) is 4.31 Å². The Morgan fingerprint density at radius 3 is 2.85 bits per heavy atom. The summed E-state index contributed by atoms with van der Waals surface area (Å²) in [6, 6.07) is 1.70. The molecule has 0 spiro atoms. The number of nitrogen functional groups attached to an aromatic ring is 1. The van der Waals surface area contributed by atoms with Crippen LogP contribution in [0.1, 0.15) is 5.56 Å². The van der Waals surface area contributed by atoms with E-state index in [1.165, 1.54) is 17.3 Å². The van der Waals surface area contributed by atoms with Crippen molar-refractivity contribution in [3.05, 3.63) is 23.5 Å². The first-order chi connectivity index (χ1) is 9.37. The zero-order valence-electron chi connectivity index (χ0n) is 11.0. The van der Waals surface area contributed by atoms with E-state index in [2.05, 4.69) is 0 Å². The van der Waals surface area contributed by atoms with Gasteiger partial charge < -0.3 is 15.6 Å². The Balaban J connectivity index is 2.44. The molecule has 1 aromatic carbocycles. The number of morpholine rings is 1. The van der Waals surface area contributed by atoms with Gasteiger partial charge in [0.2, 0.25) is 10.0 Å². The molecule has 0 saturated carbocycles. The zero-order valence-corrected chi connectivity index (χ0v) is 11.9. The molecular formula is C12H17FN2O4S. The van der Waals surface area contributed by atoms with Gasteiger partial charge in [-0.15, -0.1) is 0 Å². The smallest absolute Gasteiger partial charge is 0.243 e. The molecule has 20 heavy (non-hydrogen) atoms. The van der Waals surface area contributed by atoms with E-state index in [9.17, 15) is 17.9 Å². The zero-order chi connectivity index (χ0) is 14.9. The molecule has 1 aliphatic heterocycles. The average molecular weight is 304 g/mol. The first-order valence-corrected chi connectivity index (χ1v) is 7.58. The van der Waals surface area contributed by atoms with Gasteiger partial charge in [-0.05, 0) is 24.6 Å². The van der Waals surface area contributed by atoms with Crippen molar-refractivity contribution >= 4 is 15.7 Å². The molecule has 8 heteroatoms. The maximum Gasteiger partial charge on any atom is 0.243 e. The van der Waals surface area contributed by atoms with Gasteiger partial charge in [-0.25, -0.2) is 12.8 Å². The number of nitrogens with two attached hydrogens (primary N) is 1. The molecule has 1 heterocycles.